The van der Waals surface area contributed by atoms with E-state index in [1.54, 1.807) is 0 Å². The van der Waals surface area contributed by atoms with Crippen LogP contribution in [0.5, 0.6) is 0 Å². The Morgan fingerprint density at radius 1 is 0.464 bits per heavy atom. The standard InChI is InChI=1S/4C2H4O2.2H2O4S.2Zr/c4*1-2(3)4;2*1-5(2,3)4;;/h4*1H3,(H,3,4);2*(H2,1,2,3,4);;/q;;;;;;2*+4/p-8. The smallest absolute Gasteiger partial charge is 0.759 e. The first-order valence-corrected chi connectivity index (χ1v) is 7.63. The van der Waals surface area contributed by atoms with Crippen LogP contribution in [-0.4, -0.2) is 58.9 Å². The van der Waals surface area contributed by atoms with Gasteiger partial charge in [-0.1, -0.05) is 0 Å². The SMILES string of the molecule is CC(=O)[O-].CC(=O)[O-].CC(=O)[O-].CC(=O)[O-].O=S(=O)([O-])[O-].O=S(=O)([O-])[O-].[Zr+4].[Zr+4]. The predicted molar refractivity (Wildman–Crippen MR) is 63.7 cm³/mol. The number of carboxylic acid groups (broad SMARTS) is 4. The molecule has 0 aromatic heterocycles. The number of carbonyl (C=O) groups is 4. The van der Waals surface area contributed by atoms with Crippen LogP contribution in [0.2, 0.25) is 0 Å². The molecular formula is C8H12O16S2Zr2. The Hall–Kier alpha value is -0.614. The molecule has 0 bridgehead atoms. The second-order valence-corrected chi connectivity index (χ2v) is 4.42. The topological polar surface area (TPSA) is 321 Å². The molecule has 0 atom stereocenters. The van der Waals surface area contributed by atoms with E-state index in [1.165, 1.54) is 0 Å². The van der Waals surface area contributed by atoms with Crippen LogP contribution in [0.4, 0.5) is 0 Å². The van der Waals surface area contributed by atoms with Crippen molar-refractivity contribution >= 4 is 44.7 Å². The van der Waals surface area contributed by atoms with E-state index in [-0.39, 0.29) is 52.4 Å². The van der Waals surface area contributed by atoms with Crippen LogP contribution in [0, 0.1) is 0 Å². The summed E-state index contributed by atoms with van der Waals surface area (Å²) in [7, 11) is -10.3. The maximum atomic E-state index is 8.89. The average molecular weight is 611 g/mol. The second-order valence-electron chi connectivity index (χ2n) is 2.78. The van der Waals surface area contributed by atoms with E-state index in [0.29, 0.717) is 0 Å². The first-order chi connectivity index (χ1) is 10.9. The van der Waals surface area contributed by atoms with E-state index in [1.807, 2.05) is 0 Å². The molecule has 0 spiro atoms. The Bertz CT molecular complexity index is 486. The van der Waals surface area contributed by atoms with Gasteiger partial charge < -0.3 is 57.8 Å². The zero-order chi connectivity index (χ0) is 23.3. The Morgan fingerprint density at radius 3 is 0.464 bits per heavy atom. The summed E-state index contributed by atoms with van der Waals surface area (Å²) >= 11 is 0. The molecule has 0 aliphatic rings. The van der Waals surface area contributed by atoms with Crippen molar-refractivity contribution < 1.29 is 127 Å². The largest absolute Gasteiger partial charge is 4.00 e. The van der Waals surface area contributed by atoms with Gasteiger partial charge in [-0.3, -0.25) is 16.8 Å². The normalized spacial score (nSPS) is 7.71. The number of carboxylic acids is 4. The first-order valence-electron chi connectivity index (χ1n) is 4.97. The van der Waals surface area contributed by atoms with Gasteiger partial charge in [0.15, 0.2) is 0 Å². The van der Waals surface area contributed by atoms with Crippen molar-refractivity contribution in [2.45, 2.75) is 27.7 Å². The summed E-state index contributed by atoms with van der Waals surface area (Å²) in [6.45, 7) is 3.89. The molecule has 0 radical (unpaired) electrons. The molecular weight excluding hydrogens is 599 g/mol. The third kappa shape index (κ3) is 40100. The van der Waals surface area contributed by atoms with Crippen LogP contribution < -0.4 is 20.4 Å². The van der Waals surface area contributed by atoms with Crippen LogP contribution in [0.15, 0.2) is 0 Å². The zero-order valence-electron chi connectivity index (χ0n) is 14.3. The summed E-state index contributed by atoms with van der Waals surface area (Å²) in [6, 6.07) is 0. The van der Waals surface area contributed by atoms with E-state index in [9.17, 15) is 0 Å². The van der Waals surface area contributed by atoms with Gasteiger partial charge in [-0.2, -0.15) is 0 Å². The number of hydrogen-bond acceptors (Lipinski definition) is 16. The molecule has 16 nitrogen and oxygen atoms in total. The molecule has 0 aromatic carbocycles. The van der Waals surface area contributed by atoms with Crippen molar-refractivity contribution in [2.24, 2.45) is 0 Å². The molecule has 0 aromatic rings. The summed E-state index contributed by atoms with van der Waals surface area (Å²) < 4.78 is 68.2. The number of hydrogen-bond donors (Lipinski definition) is 0. The first kappa shape index (κ1) is 50.7. The van der Waals surface area contributed by atoms with Gasteiger partial charge in [0, 0.05) is 44.7 Å². The van der Waals surface area contributed by atoms with E-state index < -0.39 is 44.7 Å². The second kappa shape index (κ2) is 31.1. The summed E-state index contributed by atoms with van der Waals surface area (Å²) in [4.78, 5) is 35.6. The summed E-state index contributed by atoms with van der Waals surface area (Å²) in [6.07, 6.45) is 0. The Kier molecular flexibility index (Phi) is 56.3. The Morgan fingerprint density at radius 2 is 0.464 bits per heavy atom. The molecule has 0 saturated carbocycles. The van der Waals surface area contributed by atoms with Gasteiger partial charge in [-0.25, -0.2) is 0 Å². The van der Waals surface area contributed by atoms with Crippen molar-refractivity contribution in [3.05, 3.63) is 0 Å². The molecule has 0 rings (SSSR count). The van der Waals surface area contributed by atoms with Crippen LogP contribution >= 0.6 is 0 Å². The van der Waals surface area contributed by atoms with E-state index >= 15 is 0 Å². The van der Waals surface area contributed by atoms with Crippen molar-refractivity contribution in [1.29, 1.82) is 0 Å². The van der Waals surface area contributed by atoms with Gasteiger partial charge in [0.1, 0.15) is 0 Å². The minimum atomic E-state index is -5.17. The molecule has 0 heterocycles. The molecule has 28 heavy (non-hydrogen) atoms. The molecule has 0 aliphatic heterocycles. The molecule has 0 aliphatic carbocycles. The van der Waals surface area contributed by atoms with E-state index in [0.717, 1.165) is 27.7 Å². The van der Waals surface area contributed by atoms with Crippen molar-refractivity contribution in [2.75, 3.05) is 0 Å². The fourth-order valence-corrected chi connectivity index (χ4v) is 0. The van der Waals surface area contributed by atoms with Gasteiger partial charge in [-0.15, -0.1) is 0 Å². The fourth-order valence-electron chi connectivity index (χ4n) is 0. The molecule has 0 unspecified atom stereocenters. The number of carbonyl (C=O) groups excluding carboxylic acids is 4. The molecule has 0 saturated heterocycles. The third-order valence-electron chi connectivity index (χ3n) is 0. The quantitative estimate of drug-likeness (QED) is 0.181. The predicted octanol–water partition coefficient (Wildman–Crippen LogP) is -7.66. The van der Waals surface area contributed by atoms with Gasteiger partial charge in [0.05, 0.1) is 0 Å². The minimum absolute atomic E-state index is 0. The minimum Gasteiger partial charge on any atom is -0.759 e. The van der Waals surface area contributed by atoms with Gasteiger partial charge in [0.25, 0.3) is 0 Å². The molecule has 160 valence electrons. The molecule has 20 heteroatoms. The van der Waals surface area contributed by atoms with Gasteiger partial charge in [-0.05, 0) is 27.7 Å². The van der Waals surface area contributed by atoms with Crippen LogP contribution in [0.3, 0.4) is 0 Å². The van der Waals surface area contributed by atoms with E-state index in [2.05, 4.69) is 0 Å². The van der Waals surface area contributed by atoms with Crippen LogP contribution in [0.1, 0.15) is 27.7 Å². The Balaban J connectivity index is -0.0000000283. The molecule has 0 N–H and O–H groups in total. The van der Waals surface area contributed by atoms with Crippen molar-refractivity contribution in [3.63, 3.8) is 0 Å². The van der Waals surface area contributed by atoms with Crippen molar-refractivity contribution in [1.82, 2.24) is 0 Å². The maximum Gasteiger partial charge on any atom is 4.00 e. The monoisotopic (exact) mass is 608 g/mol. The summed E-state index contributed by atoms with van der Waals surface area (Å²) in [5.41, 5.74) is 0. The Labute approximate surface area is 198 Å². The fraction of sp³-hybridized carbons (Fsp3) is 0.500. The maximum absolute atomic E-state index is 8.89. The van der Waals surface area contributed by atoms with Crippen LogP contribution in [-0.2, 0) is 92.4 Å². The van der Waals surface area contributed by atoms with E-state index in [4.69, 9.17) is 74.7 Å². The molecule has 0 amide bonds. The van der Waals surface area contributed by atoms with Crippen molar-refractivity contribution in [3.8, 4) is 0 Å². The number of rotatable bonds is 0. The van der Waals surface area contributed by atoms with Gasteiger partial charge in [0.2, 0.25) is 0 Å². The molecule has 0 fully saturated rings. The summed E-state index contributed by atoms with van der Waals surface area (Å²) in [5.74, 6) is -4.33. The van der Waals surface area contributed by atoms with Crippen LogP contribution in [0.25, 0.3) is 0 Å². The number of aliphatic carboxylic acids is 4. The zero-order valence-corrected chi connectivity index (χ0v) is 20.9. The third-order valence-corrected chi connectivity index (χ3v) is 0. The van der Waals surface area contributed by atoms with Gasteiger partial charge >= 0.3 is 52.4 Å². The average Bonchev–Trinajstić information content (AvgIpc) is 2.03. The summed E-state index contributed by atoms with van der Waals surface area (Å²) in [5, 5.41) is 35.6.